The van der Waals surface area contributed by atoms with E-state index in [0.29, 0.717) is 24.3 Å². The summed E-state index contributed by atoms with van der Waals surface area (Å²) >= 11 is 0. The predicted molar refractivity (Wildman–Crippen MR) is 110 cm³/mol. The Balaban J connectivity index is 1.84. The molecular formula is C22H18F4N4O3. The van der Waals surface area contributed by atoms with Gasteiger partial charge in [0.05, 0.1) is 16.9 Å². The highest BCUT2D eigenvalue weighted by atomic mass is 19.4. The number of hydrogen-bond acceptors (Lipinski definition) is 5. The van der Waals surface area contributed by atoms with Crippen molar-refractivity contribution in [3.8, 4) is 5.75 Å². The maximum atomic E-state index is 14.7. The minimum absolute atomic E-state index is 0.140. The van der Waals surface area contributed by atoms with Crippen molar-refractivity contribution in [3.05, 3.63) is 87.9 Å². The van der Waals surface area contributed by atoms with Gasteiger partial charge in [-0.15, -0.1) is 13.2 Å². The molecule has 7 nitrogen and oxygen atoms in total. The molecule has 0 spiro atoms. The number of pyridine rings is 2. The minimum atomic E-state index is -5.06. The summed E-state index contributed by atoms with van der Waals surface area (Å²) in [7, 11) is 0. The summed E-state index contributed by atoms with van der Waals surface area (Å²) in [6.07, 6.45) is -1.51. The maximum Gasteiger partial charge on any atom is 0.573 e. The Bertz CT molecular complexity index is 1220. The van der Waals surface area contributed by atoms with Crippen LogP contribution in [0.1, 0.15) is 34.5 Å². The number of fused-ring (bicyclic) bond motifs is 1. The molecule has 2 aromatic heterocycles. The summed E-state index contributed by atoms with van der Waals surface area (Å²) in [5, 5.41) is 6.08. The SMILES string of the molecule is O=C(N[C@]1(c2ccc(OC(F)(F)F)c(F)c2)CCCNc2cccnc21)c1ccc(=O)[nH]c1. The molecule has 0 radical (unpaired) electrons. The van der Waals surface area contributed by atoms with Crippen molar-refractivity contribution < 1.29 is 27.1 Å². The van der Waals surface area contributed by atoms with Gasteiger partial charge in [-0.1, -0.05) is 6.07 Å². The van der Waals surface area contributed by atoms with E-state index < -0.39 is 34.9 Å². The van der Waals surface area contributed by atoms with Gasteiger partial charge in [-0.05, 0) is 48.7 Å². The molecule has 0 aliphatic carbocycles. The van der Waals surface area contributed by atoms with Gasteiger partial charge in [-0.25, -0.2) is 4.39 Å². The predicted octanol–water partition coefficient (Wildman–Crippen LogP) is 3.69. The standard InChI is InChI=1S/C22H18F4N4O3/c23-15-11-14(5-6-17(15)33-22(24,25)26)21(30-20(32)13-4-7-18(31)29-12-13)8-2-10-27-16-3-1-9-28-19(16)21/h1,3-7,9,11-12,27H,2,8,10H2,(H,29,31)(H,30,32)/t21-/m0/s1. The Labute approximate surface area is 184 Å². The minimum Gasteiger partial charge on any atom is -0.403 e. The van der Waals surface area contributed by atoms with Gasteiger partial charge in [0.1, 0.15) is 5.54 Å². The quantitative estimate of drug-likeness (QED) is 0.514. The first kappa shape index (κ1) is 22.3. The number of hydrogen-bond donors (Lipinski definition) is 3. The van der Waals surface area contributed by atoms with Gasteiger partial charge in [-0.3, -0.25) is 14.6 Å². The van der Waals surface area contributed by atoms with Gasteiger partial charge >= 0.3 is 6.36 Å². The van der Waals surface area contributed by atoms with E-state index in [4.69, 9.17) is 0 Å². The molecule has 0 saturated heterocycles. The number of carbonyl (C=O) groups excluding carboxylic acids is 1. The van der Waals surface area contributed by atoms with Crippen LogP contribution in [-0.2, 0) is 5.54 Å². The number of amides is 1. The van der Waals surface area contributed by atoms with Crippen LogP contribution in [0.25, 0.3) is 0 Å². The number of H-pyrrole nitrogens is 1. The zero-order chi connectivity index (χ0) is 23.6. The lowest BCUT2D eigenvalue weighted by atomic mass is 9.81. The average Bonchev–Trinajstić information content (AvgIpc) is 2.95. The molecule has 1 aromatic carbocycles. The molecule has 3 aromatic rings. The number of alkyl halides is 3. The summed E-state index contributed by atoms with van der Waals surface area (Å²) in [6, 6.07) is 8.98. The van der Waals surface area contributed by atoms with Crippen LogP contribution in [0.4, 0.5) is 23.2 Å². The van der Waals surface area contributed by atoms with E-state index in [1.807, 2.05) is 0 Å². The molecule has 11 heteroatoms. The van der Waals surface area contributed by atoms with E-state index in [1.54, 1.807) is 12.1 Å². The Morgan fingerprint density at radius 3 is 2.70 bits per heavy atom. The largest absolute Gasteiger partial charge is 0.573 e. The Morgan fingerprint density at radius 1 is 1.18 bits per heavy atom. The monoisotopic (exact) mass is 462 g/mol. The Hall–Kier alpha value is -3.89. The van der Waals surface area contributed by atoms with E-state index >= 15 is 0 Å². The highest BCUT2D eigenvalue weighted by molar-refractivity contribution is 5.95. The molecule has 1 atom stereocenters. The Morgan fingerprint density at radius 2 is 2.00 bits per heavy atom. The number of nitrogens with one attached hydrogen (secondary N) is 3. The molecular weight excluding hydrogens is 444 g/mol. The van der Waals surface area contributed by atoms with Crippen LogP contribution < -0.4 is 20.9 Å². The van der Waals surface area contributed by atoms with E-state index in [0.717, 1.165) is 12.1 Å². The summed E-state index contributed by atoms with van der Waals surface area (Å²) < 4.78 is 56.2. The molecule has 0 unspecified atom stereocenters. The fourth-order valence-electron chi connectivity index (χ4n) is 3.85. The number of nitrogens with zero attached hydrogens (tertiary/aromatic N) is 1. The van der Waals surface area contributed by atoms with Gasteiger partial charge in [-0.2, -0.15) is 0 Å². The number of aromatic amines is 1. The Kier molecular flexibility index (Phi) is 5.79. The third-order valence-corrected chi connectivity index (χ3v) is 5.28. The van der Waals surface area contributed by atoms with Gasteiger partial charge in [0.15, 0.2) is 11.6 Å². The highest BCUT2D eigenvalue weighted by Crippen LogP contribution is 2.40. The van der Waals surface area contributed by atoms with E-state index in [1.165, 1.54) is 30.6 Å². The van der Waals surface area contributed by atoms with E-state index in [-0.39, 0.29) is 17.5 Å². The highest BCUT2D eigenvalue weighted by Gasteiger charge is 2.41. The smallest absolute Gasteiger partial charge is 0.403 e. The zero-order valence-corrected chi connectivity index (χ0v) is 17.0. The van der Waals surface area contributed by atoms with Crippen LogP contribution in [0.15, 0.2) is 59.7 Å². The number of aromatic nitrogens is 2. The lowest BCUT2D eigenvalue weighted by Gasteiger charge is -2.35. The number of benzene rings is 1. The molecule has 4 rings (SSSR count). The molecule has 0 saturated carbocycles. The summed E-state index contributed by atoms with van der Waals surface area (Å²) in [4.78, 5) is 31.3. The second kappa shape index (κ2) is 8.57. The molecule has 33 heavy (non-hydrogen) atoms. The third-order valence-electron chi connectivity index (χ3n) is 5.28. The second-order valence-electron chi connectivity index (χ2n) is 7.42. The summed E-state index contributed by atoms with van der Waals surface area (Å²) in [5.74, 6) is -2.81. The van der Waals surface area contributed by atoms with Crippen LogP contribution in [0, 0.1) is 5.82 Å². The van der Waals surface area contributed by atoms with Crippen LogP contribution in [0.5, 0.6) is 5.75 Å². The van der Waals surface area contributed by atoms with Crippen molar-refractivity contribution in [2.24, 2.45) is 0 Å². The van der Waals surface area contributed by atoms with Crippen LogP contribution in [-0.4, -0.2) is 28.8 Å². The lowest BCUT2D eigenvalue weighted by molar-refractivity contribution is -0.275. The van der Waals surface area contributed by atoms with Crippen LogP contribution >= 0.6 is 0 Å². The van der Waals surface area contributed by atoms with Crippen molar-refractivity contribution in [3.63, 3.8) is 0 Å². The molecule has 1 amide bonds. The molecule has 0 bridgehead atoms. The van der Waals surface area contributed by atoms with Crippen molar-refractivity contribution in [2.75, 3.05) is 11.9 Å². The normalized spacial score (nSPS) is 17.9. The maximum absolute atomic E-state index is 14.7. The lowest BCUT2D eigenvalue weighted by Crippen LogP contribution is -2.47. The van der Waals surface area contributed by atoms with Crippen molar-refractivity contribution in [2.45, 2.75) is 24.7 Å². The third kappa shape index (κ3) is 4.66. The van der Waals surface area contributed by atoms with E-state index in [2.05, 4.69) is 25.3 Å². The van der Waals surface area contributed by atoms with E-state index in [9.17, 15) is 27.2 Å². The van der Waals surface area contributed by atoms with Crippen LogP contribution in [0.3, 0.4) is 0 Å². The molecule has 0 fully saturated rings. The topological polar surface area (TPSA) is 96.1 Å². The average molecular weight is 462 g/mol. The summed E-state index contributed by atoms with van der Waals surface area (Å²) in [6.45, 7) is 0.534. The van der Waals surface area contributed by atoms with Crippen molar-refractivity contribution in [1.82, 2.24) is 15.3 Å². The molecule has 1 aliphatic rings. The number of rotatable bonds is 4. The number of anilines is 1. The van der Waals surface area contributed by atoms with Gasteiger partial charge in [0.2, 0.25) is 5.56 Å². The number of carbonyl (C=O) groups is 1. The zero-order valence-electron chi connectivity index (χ0n) is 17.0. The van der Waals surface area contributed by atoms with Gasteiger partial charge in [0, 0.05) is 25.0 Å². The first-order valence-electron chi connectivity index (χ1n) is 9.94. The first-order valence-corrected chi connectivity index (χ1v) is 9.94. The first-order chi connectivity index (χ1) is 15.7. The number of halogens is 4. The van der Waals surface area contributed by atoms with Gasteiger partial charge in [0.25, 0.3) is 5.91 Å². The number of ether oxygens (including phenoxy) is 1. The van der Waals surface area contributed by atoms with Crippen LogP contribution in [0.2, 0.25) is 0 Å². The molecule has 172 valence electrons. The van der Waals surface area contributed by atoms with Crippen molar-refractivity contribution in [1.29, 1.82) is 0 Å². The fraction of sp³-hybridized carbons (Fsp3) is 0.227. The molecule has 3 N–H and O–H groups in total. The van der Waals surface area contributed by atoms with Gasteiger partial charge < -0.3 is 20.4 Å². The second-order valence-corrected chi connectivity index (χ2v) is 7.42. The molecule has 3 heterocycles. The summed E-state index contributed by atoms with van der Waals surface area (Å²) in [5.41, 5.74) is -0.464. The van der Waals surface area contributed by atoms with Crippen molar-refractivity contribution >= 4 is 11.6 Å². The fourth-order valence-corrected chi connectivity index (χ4v) is 3.85. The molecule has 1 aliphatic heterocycles.